The quantitative estimate of drug-likeness (QED) is 0.487. The maximum absolute atomic E-state index is 5.05. The molecule has 0 saturated heterocycles. The third-order valence-corrected chi connectivity index (χ3v) is 0.946. The number of nitrogens with zero attached hydrogens (tertiary/aromatic N) is 1. The van der Waals surface area contributed by atoms with Crippen molar-refractivity contribution >= 4 is 0 Å². The highest BCUT2D eigenvalue weighted by atomic mass is 15.1. The molecule has 0 amide bonds. The van der Waals surface area contributed by atoms with Gasteiger partial charge in [0.25, 0.3) is 0 Å². The van der Waals surface area contributed by atoms with E-state index < -0.39 is 0 Å². The molecule has 0 aromatic heterocycles. The van der Waals surface area contributed by atoms with E-state index in [1.165, 1.54) is 0 Å². The van der Waals surface area contributed by atoms with Crippen LogP contribution < -0.4 is 0 Å². The van der Waals surface area contributed by atoms with Gasteiger partial charge < -0.3 is 0 Å². The molecular weight excluding hydrogens is 110 g/mol. The molecule has 9 heavy (non-hydrogen) atoms. The van der Waals surface area contributed by atoms with Crippen LogP contribution in [0, 0.1) is 31.6 Å². The van der Waals surface area contributed by atoms with E-state index in [9.17, 15) is 0 Å². The maximum Gasteiger partial charge on any atom is 0.0607 e. The summed E-state index contributed by atoms with van der Waals surface area (Å²) in [4.78, 5) is 1.90. The zero-order valence-electron chi connectivity index (χ0n) is 5.43. The van der Waals surface area contributed by atoms with E-state index in [1.54, 1.807) is 0 Å². The number of rotatable bonds is 3. The van der Waals surface area contributed by atoms with Gasteiger partial charge in [-0.1, -0.05) is 11.8 Å². The summed E-state index contributed by atoms with van der Waals surface area (Å²) < 4.78 is 0. The lowest BCUT2D eigenvalue weighted by atomic mass is 10.5. The van der Waals surface area contributed by atoms with Crippen LogP contribution in [0.4, 0.5) is 0 Å². The van der Waals surface area contributed by atoms with Crippen LogP contribution in [-0.4, -0.2) is 24.5 Å². The molecule has 0 aliphatic carbocycles. The molecule has 1 heteroatoms. The molecule has 1 nitrogen and oxygen atoms in total. The van der Waals surface area contributed by atoms with E-state index in [1.807, 2.05) is 4.90 Å². The highest BCUT2D eigenvalue weighted by Gasteiger charge is 1.93. The van der Waals surface area contributed by atoms with E-state index >= 15 is 0 Å². The van der Waals surface area contributed by atoms with Crippen molar-refractivity contribution in [3.05, 3.63) is 6.92 Å². The molecule has 47 valence electrons. The van der Waals surface area contributed by atoms with Gasteiger partial charge in [-0.3, -0.25) is 4.90 Å². The minimum absolute atomic E-state index is 0.591. The Bertz CT molecular complexity index is 120. The van der Waals surface area contributed by atoms with Gasteiger partial charge in [-0.15, -0.1) is 12.8 Å². The van der Waals surface area contributed by atoms with Crippen molar-refractivity contribution in [2.24, 2.45) is 0 Å². The molecule has 0 aromatic rings. The second-order valence-electron chi connectivity index (χ2n) is 1.62. The largest absolute Gasteiger partial charge is 0.281 e. The molecule has 0 spiro atoms. The molecular formula is C8H10N. The predicted octanol–water partition coefficient (Wildman–Crippen LogP) is 0.389. The van der Waals surface area contributed by atoms with Gasteiger partial charge in [0.05, 0.1) is 13.1 Å². The Morgan fingerprint density at radius 3 is 1.89 bits per heavy atom. The van der Waals surface area contributed by atoms with Crippen molar-refractivity contribution in [1.29, 1.82) is 0 Å². The molecule has 0 atom stereocenters. The Labute approximate surface area is 57.1 Å². The van der Waals surface area contributed by atoms with Crippen molar-refractivity contribution in [3.63, 3.8) is 0 Å². The standard InChI is InChI=1S/C8H10N/c1-4-7-9(6-3)8-5-2/h1-2H,3,6-8H2. The average Bonchev–Trinajstić information content (AvgIpc) is 1.88. The van der Waals surface area contributed by atoms with Gasteiger partial charge in [0.2, 0.25) is 0 Å². The van der Waals surface area contributed by atoms with Crippen LogP contribution in [-0.2, 0) is 0 Å². The Morgan fingerprint density at radius 2 is 1.67 bits per heavy atom. The molecule has 0 saturated carbocycles. The third-order valence-electron chi connectivity index (χ3n) is 0.946. The first kappa shape index (κ1) is 8.08. The number of hydrogen-bond donors (Lipinski definition) is 0. The molecule has 0 unspecified atom stereocenters. The smallest absolute Gasteiger partial charge is 0.0607 e. The zero-order valence-corrected chi connectivity index (χ0v) is 5.43. The van der Waals surface area contributed by atoms with Crippen LogP contribution in [0.5, 0.6) is 0 Å². The third kappa shape index (κ3) is 3.64. The van der Waals surface area contributed by atoms with Gasteiger partial charge in [-0.05, 0) is 6.92 Å². The normalized spacial score (nSPS) is 8.44. The molecule has 0 aliphatic heterocycles. The van der Waals surface area contributed by atoms with Crippen molar-refractivity contribution in [2.45, 2.75) is 0 Å². The highest BCUT2D eigenvalue weighted by Crippen LogP contribution is 1.81. The fourth-order valence-electron chi connectivity index (χ4n) is 0.472. The first-order valence-electron chi connectivity index (χ1n) is 2.73. The summed E-state index contributed by atoms with van der Waals surface area (Å²) in [6.45, 7) is 5.52. The Kier molecular flexibility index (Phi) is 4.69. The summed E-state index contributed by atoms with van der Waals surface area (Å²) >= 11 is 0. The topological polar surface area (TPSA) is 3.24 Å². The monoisotopic (exact) mass is 120 g/mol. The summed E-state index contributed by atoms with van der Waals surface area (Å²) in [7, 11) is 0. The van der Waals surface area contributed by atoms with Crippen molar-refractivity contribution in [3.8, 4) is 24.7 Å². The SMILES string of the molecule is C#CCN(C[CH2])CC#C. The summed E-state index contributed by atoms with van der Waals surface area (Å²) in [5, 5.41) is 0. The van der Waals surface area contributed by atoms with Crippen LogP contribution >= 0.6 is 0 Å². The van der Waals surface area contributed by atoms with Crippen molar-refractivity contribution in [2.75, 3.05) is 19.6 Å². The van der Waals surface area contributed by atoms with Crippen molar-refractivity contribution in [1.82, 2.24) is 4.90 Å². The first-order chi connectivity index (χ1) is 4.35. The van der Waals surface area contributed by atoms with Crippen LogP contribution in [0.3, 0.4) is 0 Å². The fraction of sp³-hybridized carbons (Fsp3) is 0.375. The second-order valence-corrected chi connectivity index (χ2v) is 1.62. The number of hydrogen-bond acceptors (Lipinski definition) is 1. The van der Waals surface area contributed by atoms with Gasteiger partial charge in [0.1, 0.15) is 0 Å². The molecule has 0 heterocycles. The van der Waals surface area contributed by atoms with Crippen LogP contribution in [0.1, 0.15) is 0 Å². The summed E-state index contributed by atoms with van der Waals surface area (Å²) in [6, 6.07) is 0. The van der Waals surface area contributed by atoms with E-state index in [0.29, 0.717) is 19.6 Å². The minimum atomic E-state index is 0.591. The highest BCUT2D eigenvalue weighted by molar-refractivity contribution is 4.94. The summed E-state index contributed by atoms with van der Waals surface area (Å²) in [5.41, 5.74) is 0. The lowest BCUT2D eigenvalue weighted by Crippen LogP contribution is -2.23. The summed E-state index contributed by atoms with van der Waals surface area (Å²) in [5.74, 6) is 4.99. The van der Waals surface area contributed by atoms with Crippen LogP contribution in [0.15, 0.2) is 0 Å². The van der Waals surface area contributed by atoms with E-state index in [-0.39, 0.29) is 0 Å². The van der Waals surface area contributed by atoms with Crippen LogP contribution in [0.25, 0.3) is 0 Å². The second kappa shape index (κ2) is 5.22. The van der Waals surface area contributed by atoms with Crippen molar-refractivity contribution < 1.29 is 0 Å². The average molecular weight is 120 g/mol. The first-order valence-corrected chi connectivity index (χ1v) is 2.73. The van der Waals surface area contributed by atoms with Gasteiger partial charge in [-0.25, -0.2) is 0 Å². The molecule has 0 bridgehead atoms. The molecule has 0 N–H and O–H groups in total. The zero-order chi connectivity index (χ0) is 7.11. The van der Waals surface area contributed by atoms with E-state index in [2.05, 4.69) is 18.8 Å². The Morgan fingerprint density at radius 1 is 1.22 bits per heavy atom. The molecule has 0 fully saturated rings. The number of terminal acetylenes is 2. The van der Waals surface area contributed by atoms with E-state index in [4.69, 9.17) is 12.8 Å². The molecule has 0 aromatic carbocycles. The summed E-state index contributed by atoms with van der Waals surface area (Å²) in [6.07, 6.45) is 10.1. The Balaban J connectivity index is 3.47. The fourth-order valence-corrected chi connectivity index (χ4v) is 0.472. The lowest BCUT2D eigenvalue weighted by molar-refractivity contribution is 0.383. The van der Waals surface area contributed by atoms with Gasteiger partial charge in [0.15, 0.2) is 0 Å². The molecule has 0 rings (SSSR count). The minimum Gasteiger partial charge on any atom is -0.281 e. The van der Waals surface area contributed by atoms with Gasteiger partial charge in [0, 0.05) is 6.54 Å². The van der Waals surface area contributed by atoms with Crippen LogP contribution in [0.2, 0.25) is 0 Å². The lowest BCUT2D eigenvalue weighted by Gasteiger charge is -2.11. The van der Waals surface area contributed by atoms with Gasteiger partial charge >= 0.3 is 0 Å². The maximum atomic E-state index is 5.05. The molecule has 0 aliphatic rings. The molecule has 1 radical (unpaired) electrons. The van der Waals surface area contributed by atoms with Gasteiger partial charge in [-0.2, -0.15) is 0 Å². The van der Waals surface area contributed by atoms with E-state index in [0.717, 1.165) is 0 Å². The predicted molar refractivity (Wildman–Crippen MR) is 39.5 cm³/mol. The Hall–Kier alpha value is -0.920.